The number of aliphatic hydroxyl groups excluding tert-OH is 1. The molecule has 0 bridgehead atoms. The molecular formula is C8H19NO14. The Labute approximate surface area is 129 Å². The van der Waals surface area contributed by atoms with E-state index in [9.17, 15) is 5.11 Å². The molecule has 0 fully saturated rings. The number of ether oxygens (including phenoxy) is 2. The molecule has 15 nitrogen and oxygen atoms in total. The van der Waals surface area contributed by atoms with Gasteiger partial charge in [-0.2, -0.15) is 10.4 Å². The highest BCUT2D eigenvalue weighted by atomic mass is 17.9. The topological polar surface area (TPSA) is 163 Å². The van der Waals surface area contributed by atoms with Crippen molar-refractivity contribution in [3.05, 3.63) is 0 Å². The second-order valence-corrected chi connectivity index (χ2v) is 3.23. The van der Waals surface area contributed by atoms with Crippen LogP contribution in [0.3, 0.4) is 0 Å². The van der Waals surface area contributed by atoms with Gasteiger partial charge in [-0.3, -0.25) is 4.84 Å². The highest BCUT2D eigenvalue weighted by Gasteiger charge is 2.02. The molecule has 23 heavy (non-hydrogen) atoms. The van der Waals surface area contributed by atoms with Crippen molar-refractivity contribution in [2.75, 3.05) is 33.2 Å². The Kier molecular flexibility index (Phi) is 18.9. The fraction of sp³-hybridized carbons (Fsp3) is 1.00. The summed E-state index contributed by atoms with van der Waals surface area (Å²) in [6.45, 7) is 2.62. The molecule has 140 valence electrons. The quantitative estimate of drug-likeness (QED) is 0.114. The summed E-state index contributed by atoms with van der Waals surface area (Å²) in [5, 5.41) is 44.9. The zero-order chi connectivity index (χ0) is 17.0. The zero-order valence-corrected chi connectivity index (χ0v) is 12.1. The van der Waals surface area contributed by atoms with Gasteiger partial charge in [-0.05, 0) is 46.7 Å². The third kappa shape index (κ3) is 19.4. The minimum absolute atomic E-state index is 0.0493. The Morgan fingerprint density at radius 2 is 1.65 bits per heavy atom. The maximum absolute atomic E-state index is 9.27. The third-order valence-electron chi connectivity index (χ3n) is 1.58. The van der Waals surface area contributed by atoms with Gasteiger partial charge in [0.05, 0.1) is 13.2 Å². The van der Waals surface area contributed by atoms with Gasteiger partial charge in [0.15, 0.2) is 6.29 Å². The predicted octanol–water partition coefficient (Wildman–Crippen LogP) is -0.831. The van der Waals surface area contributed by atoms with E-state index < -0.39 is 6.29 Å². The number of nitrogens with one attached hydrogen (secondary N) is 1. The van der Waals surface area contributed by atoms with E-state index in [2.05, 4.69) is 50.7 Å². The normalized spacial score (nSPS) is 12.7. The van der Waals surface area contributed by atoms with Crippen LogP contribution < -0.4 is 5.48 Å². The summed E-state index contributed by atoms with van der Waals surface area (Å²) in [7, 11) is 0. The van der Waals surface area contributed by atoms with Crippen LogP contribution in [0.2, 0.25) is 0 Å². The molecule has 0 aromatic rings. The summed E-state index contributed by atoms with van der Waals surface area (Å²) in [4.78, 5) is 8.94. The van der Waals surface area contributed by atoms with Crippen LogP contribution in [0.15, 0.2) is 0 Å². The van der Waals surface area contributed by atoms with Gasteiger partial charge in [-0.25, -0.2) is 5.26 Å². The Morgan fingerprint density at radius 1 is 0.957 bits per heavy atom. The number of aliphatic hydroxyl groups is 1. The molecule has 0 aliphatic rings. The zero-order valence-electron chi connectivity index (χ0n) is 12.1. The average molecular weight is 353 g/mol. The van der Waals surface area contributed by atoms with Crippen molar-refractivity contribution >= 4 is 0 Å². The van der Waals surface area contributed by atoms with Crippen molar-refractivity contribution in [2.24, 2.45) is 0 Å². The van der Waals surface area contributed by atoms with Crippen LogP contribution >= 0.6 is 0 Å². The first kappa shape index (κ1) is 22.4. The second kappa shape index (κ2) is 19.4. The van der Waals surface area contributed by atoms with Gasteiger partial charge >= 0.3 is 0 Å². The van der Waals surface area contributed by atoms with E-state index in [-0.39, 0.29) is 20.0 Å². The van der Waals surface area contributed by atoms with Gasteiger partial charge in [0.25, 0.3) is 0 Å². The number of rotatable bonds is 19. The molecule has 0 aromatic carbocycles. The van der Waals surface area contributed by atoms with Crippen molar-refractivity contribution in [1.82, 2.24) is 5.48 Å². The predicted molar refractivity (Wildman–Crippen MR) is 59.4 cm³/mol. The van der Waals surface area contributed by atoms with E-state index in [0.29, 0.717) is 13.2 Å². The van der Waals surface area contributed by atoms with E-state index in [1.165, 1.54) is 0 Å². The van der Waals surface area contributed by atoms with Gasteiger partial charge in [-0.1, -0.05) is 6.92 Å². The molecule has 0 saturated carbocycles. The molecular weight excluding hydrogens is 334 g/mol. The lowest BCUT2D eigenvalue weighted by atomic mass is 10.5. The van der Waals surface area contributed by atoms with Gasteiger partial charge in [0.2, 0.25) is 6.79 Å². The van der Waals surface area contributed by atoms with Crippen LogP contribution in [0, 0.1) is 0 Å². The maximum atomic E-state index is 9.27. The van der Waals surface area contributed by atoms with Crippen LogP contribution in [0.1, 0.15) is 13.3 Å². The van der Waals surface area contributed by atoms with Crippen molar-refractivity contribution in [3.63, 3.8) is 0 Å². The molecule has 0 aliphatic heterocycles. The van der Waals surface area contributed by atoms with E-state index >= 15 is 0 Å². The standard InChI is InChI=1S/C8H19NO14/c1-2-4-13-8(10)6-12-5-3-9-14-7-15-17-19-21-23-22-20-18-16-11/h8-11H,2-7H2,1H3. The summed E-state index contributed by atoms with van der Waals surface area (Å²) in [6, 6.07) is 0. The Bertz CT molecular complexity index is 223. The highest BCUT2D eigenvalue weighted by Crippen LogP contribution is 1.91. The molecule has 0 rings (SSSR count). The van der Waals surface area contributed by atoms with Crippen molar-refractivity contribution < 1.29 is 69.9 Å². The summed E-state index contributed by atoms with van der Waals surface area (Å²) in [5.74, 6) is 0. The van der Waals surface area contributed by atoms with Crippen LogP contribution in [0.25, 0.3) is 0 Å². The number of hydroxylamine groups is 1. The van der Waals surface area contributed by atoms with Crippen molar-refractivity contribution in [3.8, 4) is 0 Å². The molecule has 0 amide bonds. The molecule has 0 aliphatic carbocycles. The van der Waals surface area contributed by atoms with E-state index in [4.69, 9.17) is 19.6 Å². The fourth-order valence-electron chi connectivity index (χ4n) is 0.846. The largest absolute Gasteiger partial charge is 0.375 e. The average Bonchev–Trinajstić information content (AvgIpc) is 2.56. The van der Waals surface area contributed by atoms with Gasteiger partial charge in [0, 0.05) is 13.2 Å². The Morgan fingerprint density at radius 3 is 2.35 bits per heavy atom. The molecule has 0 saturated heterocycles. The minimum Gasteiger partial charge on any atom is -0.375 e. The Balaban J connectivity index is 3.02. The van der Waals surface area contributed by atoms with Crippen molar-refractivity contribution in [2.45, 2.75) is 19.6 Å². The van der Waals surface area contributed by atoms with Gasteiger partial charge in [-0.15, -0.1) is 0 Å². The lowest BCUT2D eigenvalue weighted by Crippen LogP contribution is -2.25. The molecule has 3 N–H and O–H groups in total. The molecule has 1 unspecified atom stereocenters. The van der Waals surface area contributed by atoms with Gasteiger partial charge < -0.3 is 14.6 Å². The SMILES string of the molecule is CCCOC(O)COCCNOCOOOOOOOOOO. The van der Waals surface area contributed by atoms with E-state index in [0.717, 1.165) is 6.42 Å². The minimum atomic E-state index is -0.955. The second-order valence-electron chi connectivity index (χ2n) is 3.23. The molecule has 1 atom stereocenters. The van der Waals surface area contributed by atoms with Crippen molar-refractivity contribution in [1.29, 1.82) is 0 Å². The summed E-state index contributed by atoms with van der Waals surface area (Å²) < 4.78 is 10.1. The van der Waals surface area contributed by atoms with Crippen LogP contribution in [-0.2, 0) is 59.5 Å². The maximum Gasteiger partial charge on any atom is 0.204 e. The monoisotopic (exact) mass is 353 g/mol. The van der Waals surface area contributed by atoms with Crippen LogP contribution in [-0.4, -0.2) is 49.8 Å². The number of hydrogen-bond acceptors (Lipinski definition) is 15. The summed E-state index contributed by atoms with van der Waals surface area (Å²) in [6.07, 6.45) is -0.146. The first-order chi connectivity index (χ1) is 11.3. The molecule has 0 heterocycles. The van der Waals surface area contributed by atoms with E-state index in [1.54, 1.807) is 0 Å². The first-order valence-corrected chi connectivity index (χ1v) is 6.13. The fourth-order valence-corrected chi connectivity index (χ4v) is 0.846. The van der Waals surface area contributed by atoms with Crippen LogP contribution in [0.4, 0.5) is 0 Å². The summed E-state index contributed by atoms with van der Waals surface area (Å²) >= 11 is 0. The third-order valence-corrected chi connectivity index (χ3v) is 1.58. The highest BCUT2D eigenvalue weighted by molar-refractivity contribution is 4.39. The lowest BCUT2D eigenvalue weighted by Gasteiger charge is -2.11. The Hall–Kier alpha value is -0.600. The molecule has 15 heteroatoms. The molecule has 0 aromatic heterocycles. The summed E-state index contributed by atoms with van der Waals surface area (Å²) in [5.41, 5.74) is 2.45. The lowest BCUT2D eigenvalue weighted by molar-refractivity contribution is -0.844. The van der Waals surface area contributed by atoms with Crippen LogP contribution in [0.5, 0.6) is 0 Å². The molecule has 0 spiro atoms. The smallest absolute Gasteiger partial charge is 0.204 e. The van der Waals surface area contributed by atoms with Gasteiger partial charge in [0.1, 0.15) is 0 Å². The molecule has 0 radical (unpaired) electrons. The van der Waals surface area contributed by atoms with E-state index in [1.807, 2.05) is 6.92 Å². The first-order valence-electron chi connectivity index (χ1n) is 6.13. The number of hydrogen-bond donors (Lipinski definition) is 3.